The Balaban J connectivity index is 1.95. The van der Waals surface area contributed by atoms with Crippen molar-refractivity contribution in [2.45, 2.75) is 38.6 Å². The average Bonchev–Trinajstić information content (AvgIpc) is 2.85. The predicted octanol–water partition coefficient (Wildman–Crippen LogP) is 0.311. The number of nitrogens with two attached hydrogens (primary N) is 2. The van der Waals surface area contributed by atoms with Gasteiger partial charge in [0.25, 0.3) is 0 Å². The number of hydrogen-bond acceptors (Lipinski definition) is 3. The van der Waals surface area contributed by atoms with E-state index in [0.717, 1.165) is 26.1 Å². The van der Waals surface area contributed by atoms with Crippen LogP contribution >= 0.6 is 0 Å². The van der Waals surface area contributed by atoms with Gasteiger partial charge in [0.2, 0.25) is 5.91 Å². The number of likely N-dealkylation sites (tertiary alicyclic amines) is 1. The molecule has 0 aromatic heterocycles. The van der Waals surface area contributed by atoms with E-state index in [1.165, 1.54) is 19.3 Å². The zero-order valence-electron chi connectivity index (χ0n) is 10.1. The van der Waals surface area contributed by atoms with E-state index in [9.17, 15) is 4.79 Å². The van der Waals surface area contributed by atoms with Crippen molar-refractivity contribution in [1.29, 1.82) is 0 Å². The summed E-state index contributed by atoms with van der Waals surface area (Å²) < 4.78 is 0. The summed E-state index contributed by atoms with van der Waals surface area (Å²) in [5.74, 6) is 0.776. The molecule has 0 unspecified atom stereocenters. The van der Waals surface area contributed by atoms with Gasteiger partial charge in [-0.15, -0.1) is 0 Å². The first-order valence-corrected chi connectivity index (χ1v) is 6.31. The zero-order chi connectivity index (χ0) is 11.8. The maximum atomic E-state index is 11.8. The third-order valence-electron chi connectivity index (χ3n) is 4.28. The third kappa shape index (κ3) is 2.09. The fourth-order valence-corrected chi connectivity index (χ4v) is 3.31. The van der Waals surface area contributed by atoms with Gasteiger partial charge in [0.05, 0.1) is 6.04 Å². The minimum atomic E-state index is -0.359. The van der Waals surface area contributed by atoms with Crippen LogP contribution in [-0.2, 0) is 4.79 Å². The molecule has 1 aliphatic carbocycles. The molecule has 1 heterocycles. The average molecular weight is 225 g/mol. The SMILES string of the molecule is C[C@H](N)C(=O)N1CC[C@@]2(CC[C@@H](CN)C2)C1. The second-order valence-corrected chi connectivity index (χ2v) is 5.64. The Bertz CT molecular complexity index is 279. The molecule has 3 atom stereocenters. The first-order valence-electron chi connectivity index (χ1n) is 6.31. The molecule has 92 valence electrons. The Kier molecular flexibility index (Phi) is 3.22. The van der Waals surface area contributed by atoms with Crippen LogP contribution in [0.3, 0.4) is 0 Å². The van der Waals surface area contributed by atoms with E-state index in [2.05, 4.69) is 0 Å². The van der Waals surface area contributed by atoms with Gasteiger partial charge in [-0.3, -0.25) is 4.79 Å². The summed E-state index contributed by atoms with van der Waals surface area (Å²) in [6.07, 6.45) is 4.81. The molecule has 16 heavy (non-hydrogen) atoms. The molecule has 0 bridgehead atoms. The van der Waals surface area contributed by atoms with Crippen molar-refractivity contribution in [3.63, 3.8) is 0 Å². The molecule has 4 N–H and O–H groups in total. The molecular weight excluding hydrogens is 202 g/mol. The van der Waals surface area contributed by atoms with Crippen molar-refractivity contribution in [2.24, 2.45) is 22.8 Å². The molecule has 4 heteroatoms. The summed E-state index contributed by atoms with van der Waals surface area (Å²) in [6, 6.07) is -0.359. The first-order chi connectivity index (χ1) is 7.56. The monoisotopic (exact) mass is 225 g/mol. The molecular formula is C12H23N3O. The number of rotatable bonds is 2. The minimum Gasteiger partial charge on any atom is -0.341 e. The Morgan fingerprint density at radius 3 is 2.88 bits per heavy atom. The predicted molar refractivity (Wildman–Crippen MR) is 63.7 cm³/mol. The van der Waals surface area contributed by atoms with E-state index in [1.54, 1.807) is 6.92 Å². The highest BCUT2D eigenvalue weighted by atomic mass is 16.2. The zero-order valence-corrected chi connectivity index (χ0v) is 10.1. The lowest BCUT2D eigenvalue weighted by Crippen LogP contribution is -2.41. The molecule has 0 aromatic rings. The molecule has 4 nitrogen and oxygen atoms in total. The van der Waals surface area contributed by atoms with Gasteiger partial charge in [-0.05, 0) is 50.5 Å². The molecule has 0 radical (unpaired) electrons. The summed E-state index contributed by atoms with van der Waals surface area (Å²) in [4.78, 5) is 13.8. The molecule has 0 aromatic carbocycles. The van der Waals surface area contributed by atoms with Crippen LogP contribution in [0.1, 0.15) is 32.6 Å². The van der Waals surface area contributed by atoms with Crippen molar-refractivity contribution < 1.29 is 4.79 Å². The summed E-state index contributed by atoms with van der Waals surface area (Å²) in [6.45, 7) is 4.36. The topological polar surface area (TPSA) is 72.4 Å². The number of amides is 1. The second-order valence-electron chi connectivity index (χ2n) is 5.64. The Morgan fingerprint density at radius 1 is 1.56 bits per heavy atom. The number of carbonyl (C=O) groups is 1. The highest BCUT2D eigenvalue weighted by Crippen LogP contribution is 2.47. The Labute approximate surface area is 97.3 Å². The van der Waals surface area contributed by atoms with E-state index in [0.29, 0.717) is 11.3 Å². The van der Waals surface area contributed by atoms with Crippen LogP contribution in [-0.4, -0.2) is 36.5 Å². The van der Waals surface area contributed by atoms with Crippen molar-refractivity contribution in [3.05, 3.63) is 0 Å². The van der Waals surface area contributed by atoms with E-state index in [-0.39, 0.29) is 11.9 Å². The molecule has 2 rings (SSSR count). The van der Waals surface area contributed by atoms with Crippen molar-refractivity contribution in [2.75, 3.05) is 19.6 Å². The lowest BCUT2D eigenvalue weighted by molar-refractivity contribution is -0.131. The summed E-state index contributed by atoms with van der Waals surface area (Å²) in [5, 5.41) is 0. The van der Waals surface area contributed by atoms with Crippen LogP contribution in [0.4, 0.5) is 0 Å². The van der Waals surface area contributed by atoms with Crippen molar-refractivity contribution in [1.82, 2.24) is 4.90 Å². The molecule has 1 amide bonds. The number of hydrogen-bond donors (Lipinski definition) is 2. The normalized spacial score (nSPS) is 35.9. The first kappa shape index (κ1) is 11.9. The lowest BCUT2D eigenvalue weighted by atomic mass is 9.84. The van der Waals surface area contributed by atoms with Crippen LogP contribution in [0.25, 0.3) is 0 Å². The highest BCUT2D eigenvalue weighted by Gasteiger charge is 2.44. The largest absolute Gasteiger partial charge is 0.341 e. The van der Waals surface area contributed by atoms with Crippen LogP contribution in [0.5, 0.6) is 0 Å². The summed E-state index contributed by atoms with van der Waals surface area (Å²) in [7, 11) is 0. The van der Waals surface area contributed by atoms with E-state index in [4.69, 9.17) is 11.5 Å². The van der Waals surface area contributed by atoms with E-state index >= 15 is 0 Å². The standard InChI is InChI=1S/C12H23N3O/c1-9(14)11(16)15-5-4-12(8-15)3-2-10(6-12)7-13/h9-10H,2-8,13-14H2,1H3/t9-,10+,12+/m0/s1. The van der Waals surface area contributed by atoms with Gasteiger partial charge in [0, 0.05) is 13.1 Å². The fourth-order valence-electron chi connectivity index (χ4n) is 3.31. The number of nitrogens with zero attached hydrogens (tertiary/aromatic N) is 1. The van der Waals surface area contributed by atoms with Gasteiger partial charge >= 0.3 is 0 Å². The van der Waals surface area contributed by atoms with Crippen molar-refractivity contribution in [3.8, 4) is 0 Å². The molecule has 1 spiro atoms. The Morgan fingerprint density at radius 2 is 2.31 bits per heavy atom. The quantitative estimate of drug-likeness (QED) is 0.710. The summed E-state index contributed by atoms with van der Waals surface area (Å²) in [5.41, 5.74) is 11.7. The van der Waals surface area contributed by atoms with E-state index < -0.39 is 0 Å². The fraction of sp³-hybridized carbons (Fsp3) is 0.917. The second kappa shape index (κ2) is 4.34. The van der Waals surface area contributed by atoms with Gasteiger partial charge in [-0.2, -0.15) is 0 Å². The minimum absolute atomic E-state index is 0.105. The van der Waals surface area contributed by atoms with Gasteiger partial charge in [0.1, 0.15) is 0 Å². The van der Waals surface area contributed by atoms with Crippen LogP contribution in [0.15, 0.2) is 0 Å². The highest BCUT2D eigenvalue weighted by molar-refractivity contribution is 5.81. The number of carbonyl (C=O) groups excluding carboxylic acids is 1. The van der Waals surface area contributed by atoms with Gasteiger partial charge < -0.3 is 16.4 Å². The lowest BCUT2D eigenvalue weighted by Gasteiger charge is -2.25. The molecule has 1 saturated heterocycles. The van der Waals surface area contributed by atoms with Gasteiger partial charge in [0.15, 0.2) is 0 Å². The third-order valence-corrected chi connectivity index (χ3v) is 4.28. The van der Waals surface area contributed by atoms with Crippen molar-refractivity contribution >= 4 is 5.91 Å². The van der Waals surface area contributed by atoms with Gasteiger partial charge in [-0.25, -0.2) is 0 Å². The smallest absolute Gasteiger partial charge is 0.239 e. The maximum Gasteiger partial charge on any atom is 0.239 e. The maximum absolute atomic E-state index is 11.8. The molecule has 1 saturated carbocycles. The molecule has 1 aliphatic heterocycles. The van der Waals surface area contributed by atoms with Crippen LogP contribution in [0, 0.1) is 11.3 Å². The Hall–Kier alpha value is -0.610. The molecule has 2 fully saturated rings. The van der Waals surface area contributed by atoms with Gasteiger partial charge in [-0.1, -0.05) is 0 Å². The van der Waals surface area contributed by atoms with Crippen LogP contribution < -0.4 is 11.5 Å². The van der Waals surface area contributed by atoms with E-state index in [1.807, 2.05) is 4.90 Å². The van der Waals surface area contributed by atoms with Crippen LogP contribution in [0.2, 0.25) is 0 Å². The molecule has 2 aliphatic rings. The summed E-state index contributed by atoms with van der Waals surface area (Å²) >= 11 is 0.